The van der Waals surface area contributed by atoms with Gasteiger partial charge in [0.15, 0.2) is 0 Å². The zero-order valence-electron chi connectivity index (χ0n) is 7.00. The highest BCUT2D eigenvalue weighted by Gasteiger charge is 2.16. The van der Waals surface area contributed by atoms with Crippen LogP contribution in [0.25, 0.3) is 0 Å². The molecule has 1 aliphatic heterocycles. The van der Waals surface area contributed by atoms with E-state index in [9.17, 15) is 0 Å². The summed E-state index contributed by atoms with van der Waals surface area (Å²) in [6.07, 6.45) is 0.0983. The number of nitrogens with one attached hydrogen (secondary N) is 1. The molecule has 0 aromatic heterocycles. The van der Waals surface area contributed by atoms with Crippen molar-refractivity contribution in [1.82, 2.24) is 5.48 Å². The van der Waals surface area contributed by atoms with Crippen LogP contribution in [-0.4, -0.2) is 19.3 Å². The van der Waals surface area contributed by atoms with Crippen molar-refractivity contribution in [3.05, 3.63) is 29.3 Å². The van der Waals surface area contributed by atoms with Crippen LogP contribution in [0.4, 0.5) is 0 Å². The lowest BCUT2D eigenvalue weighted by Crippen LogP contribution is -2.21. The van der Waals surface area contributed by atoms with Gasteiger partial charge in [-0.1, -0.05) is 11.6 Å². The molecule has 1 saturated heterocycles. The fourth-order valence-corrected chi connectivity index (χ4v) is 1.27. The molecule has 0 bridgehead atoms. The smallest absolute Gasteiger partial charge is 0.139 e. The second-order valence-corrected chi connectivity index (χ2v) is 3.29. The number of ether oxygens (including phenoxy) is 1. The van der Waals surface area contributed by atoms with Gasteiger partial charge in [0, 0.05) is 5.02 Å². The maximum Gasteiger partial charge on any atom is 0.139 e. The van der Waals surface area contributed by atoms with Crippen LogP contribution in [-0.2, 0) is 4.84 Å². The van der Waals surface area contributed by atoms with Crippen LogP contribution >= 0.6 is 11.6 Å². The summed E-state index contributed by atoms with van der Waals surface area (Å²) in [7, 11) is 0. The van der Waals surface area contributed by atoms with E-state index in [0.717, 1.165) is 12.3 Å². The summed E-state index contributed by atoms with van der Waals surface area (Å²) < 4.78 is 5.58. The van der Waals surface area contributed by atoms with Crippen molar-refractivity contribution in [2.45, 2.75) is 6.10 Å². The Balaban J connectivity index is 1.97. The largest absolute Gasteiger partial charge is 0.487 e. The fraction of sp³-hybridized carbons (Fsp3) is 0.333. The zero-order chi connectivity index (χ0) is 9.10. The number of rotatable bonds is 2. The fourth-order valence-electron chi connectivity index (χ4n) is 1.14. The minimum atomic E-state index is 0.0983. The molecule has 13 heavy (non-hydrogen) atoms. The number of hydroxylamine groups is 1. The monoisotopic (exact) mass is 199 g/mol. The first-order valence-electron chi connectivity index (χ1n) is 4.11. The predicted molar refractivity (Wildman–Crippen MR) is 49.8 cm³/mol. The van der Waals surface area contributed by atoms with Crippen molar-refractivity contribution in [3.63, 3.8) is 0 Å². The number of hydrogen-bond acceptors (Lipinski definition) is 3. The van der Waals surface area contributed by atoms with Crippen molar-refractivity contribution >= 4 is 11.6 Å². The lowest BCUT2D eigenvalue weighted by atomic mass is 10.3. The molecule has 70 valence electrons. The maximum atomic E-state index is 5.74. The SMILES string of the molecule is Clc1ccc(O[C@H]2CNOC2)cc1. The van der Waals surface area contributed by atoms with Gasteiger partial charge in [-0.25, -0.2) is 0 Å². The average Bonchev–Trinajstić information content (AvgIpc) is 2.62. The molecular formula is C9H10ClNO2. The minimum absolute atomic E-state index is 0.0983. The molecule has 1 N–H and O–H groups in total. The molecule has 2 rings (SSSR count). The molecule has 1 aliphatic rings. The van der Waals surface area contributed by atoms with Crippen LogP contribution in [0, 0.1) is 0 Å². The normalized spacial score (nSPS) is 21.8. The molecule has 3 nitrogen and oxygen atoms in total. The van der Waals surface area contributed by atoms with Gasteiger partial charge in [0.2, 0.25) is 0 Å². The maximum absolute atomic E-state index is 5.74. The molecule has 1 aromatic rings. The van der Waals surface area contributed by atoms with E-state index >= 15 is 0 Å². The molecule has 4 heteroatoms. The highest BCUT2D eigenvalue weighted by atomic mass is 35.5. The number of hydrogen-bond donors (Lipinski definition) is 1. The molecule has 0 saturated carbocycles. The van der Waals surface area contributed by atoms with E-state index in [2.05, 4.69) is 5.48 Å². The summed E-state index contributed by atoms with van der Waals surface area (Å²) in [6.45, 7) is 1.31. The lowest BCUT2D eigenvalue weighted by molar-refractivity contribution is 0.0843. The Kier molecular flexibility index (Phi) is 2.68. The van der Waals surface area contributed by atoms with E-state index in [4.69, 9.17) is 21.2 Å². The molecule has 0 spiro atoms. The standard InChI is InChI=1S/C9H10ClNO2/c10-7-1-3-8(4-2-7)13-9-5-11-12-6-9/h1-4,9,11H,5-6H2/t9-/m0/s1. The van der Waals surface area contributed by atoms with E-state index in [0.29, 0.717) is 11.6 Å². The first kappa shape index (κ1) is 8.81. The van der Waals surface area contributed by atoms with Gasteiger partial charge in [-0.15, -0.1) is 0 Å². The Morgan fingerprint density at radius 2 is 2.15 bits per heavy atom. The zero-order valence-corrected chi connectivity index (χ0v) is 7.75. The van der Waals surface area contributed by atoms with Crippen LogP contribution in [0.3, 0.4) is 0 Å². The van der Waals surface area contributed by atoms with E-state index in [1.807, 2.05) is 12.1 Å². The molecule has 0 unspecified atom stereocenters. The van der Waals surface area contributed by atoms with Gasteiger partial charge in [-0.3, -0.25) is 4.84 Å². The van der Waals surface area contributed by atoms with Crippen molar-refractivity contribution in [1.29, 1.82) is 0 Å². The van der Waals surface area contributed by atoms with Crippen LogP contribution in [0.2, 0.25) is 5.02 Å². The summed E-state index contributed by atoms with van der Waals surface area (Å²) in [6, 6.07) is 7.31. The van der Waals surface area contributed by atoms with Crippen LogP contribution in [0.15, 0.2) is 24.3 Å². The topological polar surface area (TPSA) is 30.5 Å². The third-order valence-electron chi connectivity index (χ3n) is 1.80. The predicted octanol–water partition coefficient (Wildman–Crippen LogP) is 1.62. The summed E-state index contributed by atoms with van der Waals surface area (Å²) in [5, 5.41) is 0.716. The second kappa shape index (κ2) is 3.96. The van der Waals surface area contributed by atoms with Crippen LogP contribution in [0.1, 0.15) is 0 Å². The van der Waals surface area contributed by atoms with E-state index < -0.39 is 0 Å². The van der Waals surface area contributed by atoms with Gasteiger partial charge >= 0.3 is 0 Å². The van der Waals surface area contributed by atoms with Crippen molar-refractivity contribution < 1.29 is 9.57 Å². The molecule has 1 aromatic carbocycles. The quantitative estimate of drug-likeness (QED) is 0.785. The van der Waals surface area contributed by atoms with Gasteiger partial charge < -0.3 is 4.74 Å². The Morgan fingerprint density at radius 1 is 1.38 bits per heavy atom. The lowest BCUT2D eigenvalue weighted by Gasteiger charge is -2.10. The third-order valence-corrected chi connectivity index (χ3v) is 2.05. The molecule has 1 fully saturated rings. The highest BCUT2D eigenvalue weighted by Crippen LogP contribution is 2.17. The summed E-state index contributed by atoms with van der Waals surface area (Å²) in [5.41, 5.74) is 2.75. The number of benzene rings is 1. The Labute approximate surface area is 81.6 Å². The molecule has 0 amide bonds. The van der Waals surface area contributed by atoms with E-state index in [1.165, 1.54) is 0 Å². The molecule has 1 atom stereocenters. The first-order valence-corrected chi connectivity index (χ1v) is 4.49. The Bertz CT molecular complexity index is 269. The summed E-state index contributed by atoms with van der Waals surface area (Å²) in [4.78, 5) is 4.95. The van der Waals surface area contributed by atoms with Gasteiger partial charge in [-0.05, 0) is 24.3 Å². The third kappa shape index (κ3) is 2.34. The van der Waals surface area contributed by atoms with Gasteiger partial charge in [0.05, 0.1) is 6.54 Å². The molecule has 0 radical (unpaired) electrons. The minimum Gasteiger partial charge on any atom is -0.487 e. The summed E-state index contributed by atoms with van der Waals surface area (Å²) >= 11 is 5.74. The van der Waals surface area contributed by atoms with Crippen LogP contribution in [0.5, 0.6) is 5.75 Å². The van der Waals surface area contributed by atoms with Crippen molar-refractivity contribution in [2.75, 3.05) is 13.2 Å². The Hall–Kier alpha value is -0.770. The van der Waals surface area contributed by atoms with E-state index in [1.54, 1.807) is 12.1 Å². The molecule has 1 heterocycles. The van der Waals surface area contributed by atoms with Crippen LogP contribution < -0.4 is 10.2 Å². The number of halogens is 1. The average molecular weight is 200 g/mol. The first-order chi connectivity index (χ1) is 6.34. The van der Waals surface area contributed by atoms with Crippen molar-refractivity contribution in [3.8, 4) is 5.75 Å². The van der Waals surface area contributed by atoms with Gasteiger partial charge in [0.1, 0.15) is 18.5 Å². The Morgan fingerprint density at radius 3 is 2.77 bits per heavy atom. The molecule has 0 aliphatic carbocycles. The second-order valence-electron chi connectivity index (χ2n) is 2.85. The van der Waals surface area contributed by atoms with Gasteiger partial charge in [0.25, 0.3) is 0 Å². The summed E-state index contributed by atoms with van der Waals surface area (Å²) in [5.74, 6) is 0.821. The van der Waals surface area contributed by atoms with E-state index in [-0.39, 0.29) is 6.10 Å². The molecular weight excluding hydrogens is 190 g/mol. The van der Waals surface area contributed by atoms with Gasteiger partial charge in [-0.2, -0.15) is 5.48 Å². The van der Waals surface area contributed by atoms with Crippen molar-refractivity contribution in [2.24, 2.45) is 0 Å². The highest BCUT2D eigenvalue weighted by molar-refractivity contribution is 6.30.